The molecule has 2 aromatic carbocycles. The molecule has 96 valence electrons. The summed E-state index contributed by atoms with van der Waals surface area (Å²) in [6.07, 6.45) is 0. The molecule has 2 rings (SSSR count). The van der Waals surface area contributed by atoms with E-state index in [1.54, 1.807) is 11.8 Å². The maximum Gasteiger partial charge on any atom is 0.146 e. The van der Waals surface area contributed by atoms with E-state index in [1.807, 2.05) is 42.5 Å². The van der Waals surface area contributed by atoms with E-state index in [4.69, 9.17) is 4.74 Å². The molecule has 0 aromatic heterocycles. The van der Waals surface area contributed by atoms with E-state index >= 15 is 0 Å². The molecule has 0 bridgehead atoms. The van der Waals surface area contributed by atoms with Gasteiger partial charge in [0.2, 0.25) is 0 Å². The third-order valence-corrected chi connectivity index (χ3v) is 4.05. The first-order chi connectivity index (χ1) is 9.26. The molecule has 4 heteroatoms. The standard InChI is InChI=1S/C15H12BrNOS/c1-2-19-15-9-5-8-13(11(15)10-17)18-14-7-4-3-6-12(14)16/h3-9H,2H2,1H3. The molecule has 0 aliphatic rings. The molecule has 2 aromatic rings. The molecule has 0 unspecified atom stereocenters. The maximum atomic E-state index is 9.32. The average molecular weight is 334 g/mol. The second-order valence-electron chi connectivity index (χ2n) is 3.71. The summed E-state index contributed by atoms with van der Waals surface area (Å²) in [5.41, 5.74) is 0.588. The highest BCUT2D eigenvalue weighted by atomic mass is 79.9. The molecule has 0 spiro atoms. The Labute approximate surface area is 125 Å². The summed E-state index contributed by atoms with van der Waals surface area (Å²) in [4.78, 5) is 0.953. The van der Waals surface area contributed by atoms with Gasteiger partial charge in [0.05, 0.1) is 4.47 Å². The first-order valence-electron chi connectivity index (χ1n) is 5.84. The van der Waals surface area contributed by atoms with Crippen LogP contribution in [0.4, 0.5) is 0 Å². The molecule has 0 heterocycles. The molecule has 0 saturated carbocycles. The summed E-state index contributed by atoms with van der Waals surface area (Å²) in [6, 6.07) is 15.5. The van der Waals surface area contributed by atoms with Gasteiger partial charge in [-0.25, -0.2) is 0 Å². The minimum Gasteiger partial charge on any atom is -0.455 e. The lowest BCUT2D eigenvalue weighted by molar-refractivity contribution is 0.476. The Balaban J connectivity index is 2.38. The topological polar surface area (TPSA) is 33.0 Å². The van der Waals surface area contributed by atoms with Crippen molar-refractivity contribution in [1.82, 2.24) is 0 Å². The molecule has 2 nitrogen and oxygen atoms in total. The Morgan fingerprint density at radius 3 is 2.58 bits per heavy atom. The first-order valence-corrected chi connectivity index (χ1v) is 7.62. The number of halogens is 1. The summed E-state index contributed by atoms with van der Waals surface area (Å²) in [7, 11) is 0. The van der Waals surface area contributed by atoms with Crippen molar-refractivity contribution in [2.24, 2.45) is 0 Å². The van der Waals surface area contributed by atoms with Crippen LogP contribution in [-0.4, -0.2) is 5.75 Å². The van der Waals surface area contributed by atoms with E-state index in [1.165, 1.54) is 0 Å². The van der Waals surface area contributed by atoms with E-state index in [0.717, 1.165) is 15.1 Å². The lowest BCUT2D eigenvalue weighted by Crippen LogP contribution is -1.91. The number of hydrogen-bond donors (Lipinski definition) is 0. The molecule has 0 atom stereocenters. The molecule has 0 aliphatic carbocycles. The van der Waals surface area contributed by atoms with E-state index in [9.17, 15) is 5.26 Å². The first kappa shape index (κ1) is 14.0. The van der Waals surface area contributed by atoms with Gasteiger partial charge in [-0.05, 0) is 45.9 Å². The van der Waals surface area contributed by atoms with Gasteiger partial charge in [-0.2, -0.15) is 5.26 Å². The highest BCUT2D eigenvalue weighted by Crippen LogP contribution is 2.34. The average Bonchev–Trinajstić information content (AvgIpc) is 2.42. The molecule has 0 amide bonds. The lowest BCUT2D eigenvalue weighted by Gasteiger charge is -2.11. The highest BCUT2D eigenvalue weighted by Gasteiger charge is 2.11. The minimum absolute atomic E-state index is 0.588. The SMILES string of the molecule is CCSc1cccc(Oc2ccccc2Br)c1C#N. The normalized spacial score (nSPS) is 9.95. The second-order valence-corrected chi connectivity index (χ2v) is 5.87. The second kappa shape index (κ2) is 6.65. The molecule has 0 fully saturated rings. The van der Waals surface area contributed by atoms with Gasteiger partial charge in [-0.1, -0.05) is 25.1 Å². The number of benzene rings is 2. The number of thioether (sulfide) groups is 1. The van der Waals surface area contributed by atoms with E-state index < -0.39 is 0 Å². The van der Waals surface area contributed by atoms with Crippen LogP contribution in [0.25, 0.3) is 0 Å². The molecule has 0 aliphatic heterocycles. The fourth-order valence-corrected chi connectivity index (χ4v) is 2.77. The van der Waals surface area contributed by atoms with Crippen molar-refractivity contribution in [2.75, 3.05) is 5.75 Å². The maximum absolute atomic E-state index is 9.32. The zero-order valence-corrected chi connectivity index (χ0v) is 12.8. The van der Waals surface area contributed by atoms with Crippen LogP contribution < -0.4 is 4.74 Å². The molecule has 0 saturated heterocycles. The lowest BCUT2D eigenvalue weighted by atomic mass is 10.2. The number of nitriles is 1. The quantitative estimate of drug-likeness (QED) is 0.718. The summed E-state index contributed by atoms with van der Waals surface area (Å²) in [5, 5.41) is 9.32. The summed E-state index contributed by atoms with van der Waals surface area (Å²) in [5.74, 6) is 2.22. The van der Waals surface area contributed by atoms with Crippen molar-refractivity contribution in [3.05, 3.63) is 52.5 Å². The van der Waals surface area contributed by atoms with Crippen LogP contribution in [0, 0.1) is 11.3 Å². The Kier molecular flexibility index (Phi) is 4.89. The van der Waals surface area contributed by atoms with Crippen LogP contribution in [0.5, 0.6) is 11.5 Å². The van der Waals surface area contributed by atoms with E-state index in [0.29, 0.717) is 17.1 Å². The molecular formula is C15H12BrNOS. The number of hydrogen-bond acceptors (Lipinski definition) is 3. The predicted octanol–water partition coefficient (Wildman–Crippen LogP) is 5.23. The van der Waals surface area contributed by atoms with E-state index in [2.05, 4.69) is 28.9 Å². The summed E-state index contributed by atoms with van der Waals surface area (Å²) < 4.78 is 6.70. The van der Waals surface area contributed by atoms with Gasteiger partial charge in [0, 0.05) is 4.90 Å². The van der Waals surface area contributed by atoms with E-state index in [-0.39, 0.29) is 0 Å². The molecule has 19 heavy (non-hydrogen) atoms. The fourth-order valence-electron chi connectivity index (χ4n) is 1.63. The fraction of sp³-hybridized carbons (Fsp3) is 0.133. The van der Waals surface area contributed by atoms with Crippen LogP contribution in [0.15, 0.2) is 51.8 Å². The third-order valence-electron chi connectivity index (χ3n) is 2.46. The van der Waals surface area contributed by atoms with Gasteiger partial charge < -0.3 is 4.74 Å². The molecule has 0 N–H and O–H groups in total. The van der Waals surface area contributed by atoms with Gasteiger partial charge in [0.25, 0.3) is 0 Å². The largest absolute Gasteiger partial charge is 0.455 e. The molecular weight excluding hydrogens is 322 g/mol. The Hall–Kier alpha value is -1.44. The van der Waals surface area contributed by atoms with Crippen molar-refractivity contribution < 1.29 is 4.74 Å². The third kappa shape index (κ3) is 3.31. The zero-order valence-electron chi connectivity index (χ0n) is 10.4. The van der Waals surface area contributed by atoms with Gasteiger partial charge in [0.1, 0.15) is 23.1 Å². The zero-order chi connectivity index (χ0) is 13.7. The van der Waals surface area contributed by atoms with Crippen LogP contribution in [-0.2, 0) is 0 Å². The number of nitrogens with zero attached hydrogens (tertiary/aromatic N) is 1. The van der Waals surface area contributed by atoms with Crippen molar-refractivity contribution in [2.45, 2.75) is 11.8 Å². The predicted molar refractivity (Wildman–Crippen MR) is 81.8 cm³/mol. The highest BCUT2D eigenvalue weighted by molar-refractivity contribution is 9.10. The van der Waals surface area contributed by atoms with Gasteiger partial charge >= 0.3 is 0 Å². The molecule has 0 radical (unpaired) electrons. The summed E-state index contributed by atoms with van der Waals surface area (Å²) in [6.45, 7) is 2.06. The Morgan fingerprint density at radius 1 is 1.16 bits per heavy atom. The summed E-state index contributed by atoms with van der Waals surface area (Å²) >= 11 is 5.08. The van der Waals surface area contributed by atoms with Crippen molar-refractivity contribution in [1.29, 1.82) is 5.26 Å². The Bertz CT molecular complexity index is 622. The van der Waals surface area contributed by atoms with Crippen LogP contribution in [0.1, 0.15) is 12.5 Å². The number of ether oxygens (including phenoxy) is 1. The Morgan fingerprint density at radius 2 is 1.89 bits per heavy atom. The van der Waals surface area contributed by atoms with Crippen molar-refractivity contribution >= 4 is 27.7 Å². The van der Waals surface area contributed by atoms with Crippen LogP contribution >= 0.6 is 27.7 Å². The monoisotopic (exact) mass is 333 g/mol. The van der Waals surface area contributed by atoms with Crippen LogP contribution in [0.3, 0.4) is 0 Å². The number of rotatable bonds is 4. The van der Waals surface area contributed by atoms with Gasteiger partial charge in [-0.3, -0.25) is 0 Å². The number of para-hydroxylation sites is 1. The van der Waals surface area contributed by atoms with Crippen molar-refractivity contribution in [3.8, 4) is 17.6 Å². The van der Waals surface area contributed by atoms with Gasteiger partial charge in [0.15, 0.2) is 0 Å². The minimum atomic E-state index is 0.588. The van der Waals surface area contributed by atoms with Gasteiger partial charge in [-0.15, -0.1) is 11.8 Å². The van der Waals surface area contributed by atoms with Crippen LogP contribution in [0.2, 0.25) is 0 Å². The van der Waals surface area contributed by atoms with Crippen molar-refractivity contribution in [3.63, 3.8) is 0 Å². The smallest absolute Gasteiger partial charge is 0.146 e.